The molecule has 2 aromatic rings. The average molecular weight is 466 g/mol. The highest BCUT2D eigenvalue weighted by Gasteiger charge is 2.24. The zero-order valence-corrected chi connectivity index (χ0v) is 20.6. The summed E-state index contributed by atoms with van der Waals surface area (Å²) in [5.74, 6) is 0.492. The van der Waals surface area contributed by atoms with Crippen LogP contribution in [0.25, 0.3) is 0 Å². The number of methoxy groups -OCH3 is 1. The van der Waals surface area contributed by atoms with Gasteiger partial charge in [-0.05, 0) is 47.2 Å². The Morgan fingerprint density at radius 2 is 1.41 bits per heavy atom. The molecule has 0 saturated carbocycles. The normalized spacial score (nSPS) is 14.0. The summed E-state index contributed by atoms with van der Waals surface area (Å²) in [6.07, 6.45) is 1.11. The quantitative estimate of drug-likeness (QED) is 0.682. The van der Waals surface area contributed by atoms with Gasteiger partial charge < -0.3 is 19.9 Å². The number of hydrogen-bond acceptors (Lipinski definition) is 4. The molecule has 7 heteroatoms. The smallest absolute Gasteiger partial charge is 0.251 e. The number of rotatable bonds is 7. The lowest BCUT2D eigenvalue weighted by Gasteiger charge is -2.35. The highest BCUT2D eigenvalue weighted by Crippen LogP contribution is 2.22. The molecule has 3 amide bonds. The number of ether oxygens (including phenoxy) is 1. The summed E-state index contributed by atoms with van der Waals surface area (Å²) in [6, 6.07) is 15.2. The van der Waals surface area contributed by atoms with E-state index < -0.39 is 0 Å². The van der Waals surface area contributed by atoms with E-state index in [2.05, 4.69) is 26.1 Å². The van der Waals surface area contributed by atoms with Gasteiger partial charge in [0.15, 0.2) is 0 Å². The molecule has 7 nitrogen and oxygen atoms in total. The molecule has 0 radical (unpaired) electrons. The number of amides is 3. The lowest BCUT2D eigenvalue weighted by molar-refractivity contribution is -0.138. The molecule has 2 aromatic carbocycles. The van der Waals surface area contributed by atoms with E-state index >= 15 is 0 Å². The van der Waals surface area contributed by atoms with Crippen LogP contribution in [0, 0.1) is 0 Å². The number of aryl methyl sites for hydroxylation is 1. The summed E-state index contributed by atoms with van der Waals surface area (Å²) in [5.41, 5.74) is 2.79. The molecule has 1 aliphatic rings. The van der Waals surface area contributed by atoms with Crippen LogP contribution in [0.2, 0.25) is 0 Å². The molecule has 3 rings (SSSR count). The fourth-order valence-corrected chi connectivity index (χ4v) is 3.90. The van der Waals surface area contributed by atoms with E-state index in [-0.39, 0.29) is 29.7 Å². The molecule has 0 unspecified atom stereocenters. The monoisotopic (exact) mass is 465 g/mol. The molecular formula is C27H35N3O4. The van der Waals surface area contributed by atoms with Crippen LogP contribution < -0.4 is 10.1 Å². The Hall–Kier alpha value is -3.35. The second kappa shape index (κ2) is 11.2. The first-order valence-electron chi connectivity index (χ1n) is 11.7. The number of nitrogens with zero attached hydrogens (tertiary/aromatic N) is 2. The summed E-state index contributed by atoms with van der Waals surface area (Å²) in [7, 11) is 1.63. The van der Waals surface area contributed by atoms with Crippen LogP contribution in [0.15, 0.2) is 48.5 Å². The van der Waals surface area contributed by atoms with E-state index in [1.807, 2.05) is 41.3 Å². The van der Waals surface area contributed by atoms with Crippen molar-refractivity contribution in [1.82, 2.24) is 15.1 Å². The predicted molar refractivity (Wildman–Crippen MR) is 132 cm³/mol. The summed E-state index contributed by atoms with van der Waals surface area (Å²) in [5, 5.41) is 2.72. The summed E-state index contributed by atoms with van der Waals surface area (Å²) < 4.78 is 5.16. The van der Waals surface area contributed by atoms with Crippen molar-refractivity contribution in [3.63, 3.8) is 0 Å². The standard InChI is InChI=1S/C27H35N3O4/c1-27(2,3)22-10-8-21(9-11-22)26(33)28-19-25(32)30-17-15-29(16-18-30)24(31)14-7-20-5-12-23(34-4)13-6-20/h5-6,8-13H,7,14-19H2,1-4H3,(H,28,33). The molecule has 1 aliphatic heterocycles. The van der Waals surface area contributed by atoms with Crippen molar-refractivity contribution in [2.75, 3.05) is 39.8 Å². The minimum atomic E-state index is -0.263. The first-order valence-corrected chi connectivity index (χ1v) is 11.7. The zero-order valence-electron chi connectivity index (χ0n) is 20.6. The number of carbonyl (C=O) groups is 3. The topological polar surface area (TPSA) is 79.0 Å². The van der Waals surface area contributed by atoms with Crippen molar-refractivity contribution in [1.29, 1.82) is 0 Å². The maximum atomic E-state index is 12.6. The first kappa shape index (κ1) is 25.3. The van der Waals surface area contributed by atoms with Crippen molar-refractivity contribution in [2.24, 2.45) is 0 Å². The number of piperazine rings is 1. The lowest BCUT2D eigenvalue weighted by Crippen LogP contribution is -2.52. The molecule has 1 N–H and O–H groups in total. The van der Waals surface area contributed by atoms with Crippen LogP contribution in [0.5, 0.6) is 5.75 Å². The third-order valence-electron chi connectivity index (χ3n) is 6.18. The molecule has 0 atom stereocenters. The van der Waals surface area contributed by atoms with E-state index in [0.29, 0.717) is 44.6 Å². The molecule has 1 saturated heterocycles. The van der Waals surface area contributed by atoms with Crippen molar-refractivity contribution in [3.8, 4) is 5.75 Å². The highest BCUT2D eigenvalue weighted by molar-refractivity contribution is 5.96. The van der Waals surface area contributed by atoms with Gasteiger partial charge in [0.25, 0.3) is 5.91 Å². The maximum absolute atomic E-state index is 12.6. The van der Waals surface area contributed by atoms with Gasteiger partial charge in [-0.1, -0.05) is 45.0 Å². The Morgan fingerprint density at radius 1 is 0.853 bits per heavy atom. The van der Waals surface area contributed by atoms with Gasteiger partial charge in [0.2, 0.25) is 11.8 Å². The van der Waals surface area contributed by atoms with Crippen molar-refractivity contribution < 1.29 is 19.1 Å². The minimum absolute atomic E-state index is 0.0180. The van der Waals surface area contributed by atoms with Gasteiger partial charge in [0.05, 0.1) is 13.7 Å². The van der Waals surface area contributed by atoms with E-state index in [1.165, 1.54) is 0 Å². The molecule has 1 fully saturated rings. The largest absolute Gasteiger partial charge is 0.497 e. The number of carbonyl (C=O) groups excluding carboxylic acids is 3. The maximum Gasteiger partial charge on any atom is 0.251 e. The molecule has 0 bridgehead atoms. The zero-order chi connectivity index (χ0) is 24.7. The summed E-state index contributed by atoms with van der Waals surface area (Å²) >= 11 is 0. The van der Waals surface area contributed by atoms with E-state index in [4.69, 9.17) is 4.74 Å². The molecule has 34 heavy (non-hydrogen) atoms. The van der Waals surface area contributed by atoms with Gasteiger partial charge in [-0.2, -0.15) is 0 Å². The molecular weight excluding hydrogens is 430 g/mol. The molecule has 182 valence electrons. The van der Waals surface area contributed by atoms with Gasteiger partial charge in [-0.25, -0.2) is 0 Å². The van der Waals surface area contributed by atoms with Gasteiger partial charge >= 0.3 is 0 Å². The SMILES string of the molecule is COc1ccc(CCC(=O)N2CCN(C(=O)CNC(=O)c3ccc(C(C)(C)C)cc3)CC2)cc1. The Kier molecular flexibility index (Phi) is 8.31. The predicted octanol–water partition coefficient (Wildman–Crippen LogP) is 3.03. The number of benzene rings is 2. The van der Waals surface area contributed by atoms with Crippen molar-refractivity contribution in [2.45, 2.75) is 39.0 Å². The van der Waals surface area contributed by atoms with Crippen LogP contribution in [0.3, 0.4) is 0 Å². The van der Waals surface area contributed by atoms with E-state index in [0.717, 1.165) is 16.9 Å². The molecule has 1 heterocycles. The van der Waals surface area contributed by atoms with Gasteiger partial charge in [-0.15, -0.1) is 0 Å². The number of hydrogen-bond donors (Lipinski definition) is 1. The fourth-order valence-electron chi connectivity index (χ4n) is 3.90. The lowest BCUT2D eigenvalue weighted by atomic mass is 9.87. The van der Waals surface area contributed by atoms with Crippen molar-refractivity contribution >= 4 is 17.7 Å². The molecule has 0 aromatic heterocycles. The van der Waals surface area contributed by atoms with Crippen LogP contribution in [-0.2, 0) is 21.4 Å². The molecule has 0 spiro atoms. The minimum Gasteiger partial charge on any atom is -0.497 e. The number of nitrogens with one attached hydrogen (secondary N) is 1. The van der Waals surface area contributed by atoms with Gasteiger partial charge in [-0.3, -0.25) is 14.4 Å². The van der Waals surface area contributed by atoms with E-state index in [9.17, 15) is 14.4 Å². The third kappa shape index (κ3) is 6.83. The molecule has 0 aliphatic carbocycles. The Labute approximate surface area is 202 Å². The Bertz CT molecular complexity index is 986. The fraction of sp³-hybridized carbons (Fsp3) is 0.444. The van der Waals surface area contributed by atoms with Crippen LogP contribution in [0.1, 0.15) is 48.7 Å². The van der Waals surface area contributed by atoms with Crippen LogP contribution >= 0.6 is 0 Å². The van der Waals surface area contributed by atoms with Crippen LogP contribution in [-0.4, -0.2) is 67.4 Å². The summed E-state index contributed by atoms with van der Waals surface area (Å²) in [6.45, 7) is 8.28. The van der Waals surface area contributed by atoms with Gasteiger partial charge in [0.1, 0.15) is 5.75 Å². The van der Waals surface area contributed by atoms with Crippen molar-refractivity contribution in [3.05, 3.63) is 65.2 Å². The summed E-state index contributed by atoms with van der Waals surface area (Å²) in [4.78, 5) is 41.1. The Morgan fingerprint density at radius 3 is 1.94 bits per heavy atom. The Balaban J connectivity index is 1.39. The second-order valence-electron chi connectivity index (χ2n) is 9.62. The second-order valence-corrected chi connectivity index (χ2v) is 9.62. The van der Waals surface area contributed by atoms with Crippen LogP contribution in [0.4, 0.5) is 0 Å². The first-order chi connectivity index (χ1) is 16.2. The highest BCUT2D eigenvalue weighted by atomic mass is 16.5. The average Bonchev–Trinajstić information content (AvgIpc) is 2.85. The van der Waals surface area contributed by atoms with E-state index in [1.54, 1.807) is 24.1 Å². The third-order valence-corrected chi connectivity index (χ3v) is 6.18. The van der Waals surface area contributed by atoms with Gasteiger partial charge in [0, 0.05) is 38.2 Å².